The zero-order valence-electron chi connectivity index (χ0n) is 10.1. The van der Waals surface area contributed by atoms with Gasteiger partial charge in [0.2, 0.25) is 0 Å². The van der Waals surface area contributed by atoms with Gasteiger partial charge >= 0.3 is 5.97 Å². The van der Waals surface area contributed by atoms with Crippen LogP contribution >= 0.6 is 0 Å². The van der Waals surface area contributed by atoms with E-state index in [0.29, 0.717) is 12.0 Å². The summed E-state index contributed by atoms with van der Waals surface area (Å²) in [7, 11) is 1.23. The first-order chi connectivity index (χ1) is 8.54. The molecule has 0 atom stereocenters. The maximum absolute atomic E-state index is 11.3. The monoisotopic (exact) mass is 248 g/mol. The van der Waals surface area contributed by atoms with E-state index in [1.165, 1.54) is 13.2 Å². The van der Waals surface area contributed by atoms with Gasteiger partial charge in [0.25, 0.3) is 5.69 Å². The van der Waals surface area contributed by atoms with Crippen molar-refractivity contribution >= 4 is 11.7 Å². The Bertz CT molecular complexity index is 532. The molecule has 1 rings (SSSR count). The van der Waals surface area contributed by atoms with Crippen LogP contribution in [0.1, 0.15) is 23.6 Å². The minimum absolute atomic E-state index is 0.0650. The van der Waals surface area contributed by atoms with Crippen LogP contribution in [-0.2, 0) is 22.4 Å². The summed E-state index contributed by atoms with van der Waals surface area (Å²) >= 11 is 0. The van der Waals surface area contributed by atoms with Gasteiger partial charge in [-0.25, -0.2) is 0 Å². The Labute approximate surface area is 104 Å². The SMILES string of the molecule is CCc1ccc([N+](=O)[O-])c(C#N)c1CC(=O)OC. The Morgan fingerprint density at radius 2 is 2.22 bits per heavy atom. The van der Waals surface area contributed by atoms with E-state index in [9.17, 15) is 14.9 Å². The number of benzene rings is 1. The Kier molecular flexibility index (Phi) is 4.38. The summed E-state index contributed by atoms with van der Waals surface area (Å²) in [6.07, 6.45) is 0.448. The number of nitriles is 1. The molecule has 0 aliphatic rings. The summed E-state index contributed by atoms with van der Waals surface area (Å²) in [6, 6.07) is 4.66. The number of rotatable bonds is 4. The molecule has 0 saturated heterocycles. The van der Waals surface area contributed by atoms with Crippen LogP contribution in [0.5, 0.6) is 0 Å². The third-order valence-electron chi connectivity index (χ3n) is 2.63. The summed E-state index contributed by atoms with van der Waals surface area (Å²) in [4.78, 5) is 21.5. The number of nitro groups is 1. The van der Waals surface area contributed by atoms with Crippen molar-refractivity contribution < 1.29 is 14.5 Å². The van der Waals surface area contributed by atoms with Crippen LogP contribution in [-0.4, -0.2) is 18.0 Å². The van der Waals surface area contributed by atoms with Gasteiger partial charge in [-0.3, -0.25) is 14.9 Å². The number of ether oxygens (including phenoxy) is 1. The van der Waals surface area contributed by atoms with Gasteiger partial charge in [0, 0.05) is 6.07 Å². The number of carbonyl (C=O) groups is 1. The second kappa shape index (κ2) is 5.77. The third-order valence-corrected chi connectivity index (χ3v) is 2.63. The first kappa shape index (κ1) is 13.6. The first-order valence-corrected chi connectivity index (χ1v) is 5.31. The van der Waals surface area contributed by atoms with E-state index in [-0.39, 0.29) is 17.7 Å². The zero-order chi connectivity index (χ0) is 13.7. The van der Waals surface area contributed by atoms with Crippen LogP contribution in [0.2, 0.25) is 0 Å². The lowest BCUT2D eigenvalue weighted by Crippen LogP contribution is -2.10. The normalized spacial score (nSPS) is 9.61. The fourth-order valence-corrected chi connectivity index (χ4v) is 1.71. The zero-order valence-corrected chi connectivity index (χ0v) is 10.1. The van der Waals surface area contributed by atoms with Gasteiger partial charge < -0.3 is 4.74 Å². The Balaban J connectivity index is 3.42. The molecule has 1 aromatic carbocycles. The molecule has 0 heterocycles. The smallest absolute Gasteiger partial charge is 0.310 e. The van der Waals surface area contributed by atoms with Gasteiger partial charge in [0.05, 0.1) is 18.5 Å². The average molecular weight is 248 g/mol. The second-order valence-corrected chi connectivity index (χ2v) is 3.57. The van der Waals surface area contributed by atoms with E-state index in [2.05, 4.69) is 4.74 Å². The van der Waals surface area contributed by atoms with Crippen LogP contribution < -0.4 is 0 Å². The highest BCUT2D eigenvalue weighted by molar-refractivity contribution is 5.75. The molecule has 0 unspecified atom stereocenters. The lowest BCUT2D eigenvalue weighted by Gasteiger charge is -2.09. The second-order valence-electron chi connectivity index (χ2n) is 3.57. The van der Waals surface area contributed by atoms with E-state index in [0.717, 1.165) is 5.56 Å². The standard InChI is InChI=1S/C12H12N2O4/c1-3-8-4-5-11(14(16)17)10(7-13)9(8)6-12(15)18-2/h4-5H,3,6H2,1-2H3. The number of carbonyl (C=O) groups excluding carboxylic acids is 1. The topological polar surface area (TPSA) is 93.2 Å². The van der Waals surface area contributed by atoms with Crippen molar-refractivity contribution in [3.8, 4) is 6.07 Å². The van der Waals surface area contributed by atoms with Crippen LogP contribution in [0.25, 0.3) is 0 Å². The molecule has 0 fully saturated rings. The predicted octanol–water partition coefficient (Wildman–Crippen LogP) is 1.74. The lowest BCUT2D eigenvalue weighted by atomic mass is 9.96. The minimum atomic E-state index is -0.626. The van der Waals surface area contributed by atoms with E-state index >= 15 is 0 Å². The molecule has 0 aliphatic carbocycles. The van der Waals surface area contributed by atoms with Crippen molar-refractivity contribution in [2.24, 2.45) is 0 Å². The molecule has 0 aliphatic heterocycles. The Hall–Kier alpha value is -2.42. The molecule has 0 aromatic heterocycles. The maximum Gasteiger partial charge on any atom is 0.310 e. The molecular weight excluding hydrogens is 236 g/mol. The van der Waals surface area contributed by atoms with Gasteiger partial charge in [0.15, 0.2) is 0 Å². The molecule has 0 bridgehead atoms. The van der Waals surface area contributed by atoms with Gasteiger partial charge in [-0.2, -0.15) is 5.26 Å². The minimum Gasteiger partial charge on any atom is -0.469 e. The molecule has 94 valence electrons. The third kappa shape index (κ3) is 2.63. The molecule has 0 amide bonds. The summed E-state index contributed by atoms with van der Waals surface area (Å²) in [5.74, 6) is -0.526. The molecule has 18 heavy (non-hydrogen) atoms. The highest BCUT2D eigenvalue weighted by atomic mass is 16.6. The first-order valence-electron chi connectivity index (χ1n) is 5.31. The number of nitro benzene ring substituents is 1. The van der Waals surface area contributed by atoms with Crippen molar-refractivity contribution in [3.05, 3.63) is 38.9 Å². The maximum atomic E-state index is 11.3. The molecule has 0 spiro atoms. The predicted molar refractivity (Wildman–Crippen MR) is 62.9 cm³/mol. The number of aryl methyl sites for hydroxylation is 1. The number of nitrogens with zero attached hydrogens (tertiary/aromatic N) is 2. The van der Waals surface area contributed by atoms with Gasteiger partial charge in [0.1, 0.15) is 11.6 Å². The van der Waals surface area contributed by atoms with Crippen molar-refractivity contribution in [1.29, 1.82) is 5.26 Å². The van der Waals surface area contributed by atoms with Gasteiger partial charge in [-0.1, -0.05) is 13.0 Å². The summed E-state index contributed by atoms with van der Waals surface area (Å²) < 4.78 is 4.54. The lowest BCUT2D eigenvalue weighted by molar-refractivity contribution is -0.385. The van der Waals surface area contributed by atoms with E-state index in [1.54, 1.807) is 12.1 Å². The Morgan fingerprint density at radius 3 is 2.67 bits per heavy atom. The van der Waals surface area contributed by atoms with Crippen molar-refractivity contribution in [3.63, 3.8) is 0 Å². The molecular formula is C12H12N2O4. The van der Waals surface area contributed by atoms with Crippen molar-refractivity contribution in [2.45, 2.75) is 19.8 Å². The number of hydrogen-bond acceptors (Lipinski definition) is 5. The Morgan fingerprint density at radius 1 is 1.56 bits per heavy atom. The van der Waals surface area contributed by atoms with Crippen molar-refractivity contribution in [1.82, 2.24) is 0 Å². The number of methoxy groups -OCH3 is 1. The van der Waals surface area contributed by atoms with E-state index in [4.69, 9.17) is 5.26 Å². The van der Waals surface area contributed by atoms with Crippen LogP contribution in [0.3, 0.4) is 0 Å². The molecule has 0 radical (unpaired) electrons. The van der Waals surface area contributed by atoms with Crippen LogP contribution in [0.15, 0.2) is 12.1 Å². The van der Waals surface area contributed by atoms with E-state index in [1.807, 2.05) is 6.92 Å². The fraction of sp³-hybridized carbons (Fsp3) is 0.333. The van der Waals surface area contributed by atoms with Gasteiger partial charge in [-0.05, 0) is 17.5 Å². The number of esters is 1. The van der Waals surface area contributed by atoms with Crippen LogP contribution in [0.4, 0.5) is 5.69 Å². The molecule has 1 aromatic rings. The van der Waals surface area contributed by atoms with E-state index < -0.39 is 10.9 Å². The molecule has 0 saturated carbocycles. The van der Waals surface area contributed by atoms with Crippen LogP contribution in [0, 0.1) is 21.4 Å². The highest BCUT2D eigenvalue weighted by Crippen LogP contribution is 2.26. The average Bonchev–Trinajstić information content (AvgIpc) is 2.37. The summed E-state index contributed by atoms with van der Waals surface area (Å²) in [5.41, 5.74) is 0.766. The molecule has 0 N–H and O–H groups in total. The molecule has 6 heteroatoms. The molecule has 6 nitrogen and oxygen atoms in total. The van der Waals surface area contributed by atoms with Gasteiger partial charge in [-0.15, -0.1) is 0 Å². The summed E-state index contributed by atoms with van der Waals surface area (Å²) in [5, 5.41) is 19.9. The summed E-state index contributed by atoms with van der Waals surface area (Å²) in [6.45, 7) is 1.85. The largest absolute Gasteiger partial charge is 0.469 e. The number of hydrogen-bond donors (Lipinski definition) is 0. The highest BCUT2D eigenvalue weighted by Gasteiger charge is 2.21. The fourth-order valence-electron chi connectivity index (χ4n) is 1.71. The quantitative estimate of drug-likeness (QED) is 0.459. The van der Waals surface area contributed by atoms with Crippen molar-refractivity contribution in [2.75, 3.05) is 7.11 Å².